The summed E-state index contributed by atoms with van der Waals surface area (Å²) in [6, 6.07) is 6.04. The van der Waals surface area contributed by atoms with Crippen LogP contribution in [0, 0.1) is 5.92 Å². The van der Waals surface area contributed by atoms with Crippen molar-refractivity contribution in [2.45, 2.75) is 25.8 Å². The quantitative estimate of drug-likeness (QED) is 0.894. The monoisotopic (exact) mass is 325 g/mol. The Kier molecular flexibility index (Phi) is 4.47. The first-order chi connectivity index (χ1) is 9.04. The summed E-state index contributed by atoms with van der Waals surface area (Å²) in [5.41, 5.74) is 12.8. The van der Waals surface area contributed by atoms with Gasteiger partial charge in [0.1, 0.15) is 0 Å². The third kappa shape index (κ3) is 2.92. The van der Waals surface area contributed by atoms with E-state index in [4.69, 9.17) is 11.5 Å². The van der Waals surface area contributed by atoms with Crippen molar-refractivity contribution in [1.29, 1.82) is 0 Å². The fourth-order valence-corrected chi connectivity index (χ4v) is 3.37. The predicted octanol–water partition coefficient (Wildman–Crippen LogP) is 2.11. The lowest BCUT2D eigenvalue weighted by Gasteiger charge is -2.41. The molecule has 0 bridgehead atoms. The largest absolute Gasteiger partial charge is 0.367 e. The van der Waals surface area contributed by atoms with E-state index in [1.54, 1.807) is 6.07 Å². The highest BCUT2D eigenvalue weighted by molar-refractivity contribution is 9.10. The molecule has 1 aromatic carbocycles. The molecule has 0 saturated carbocycles. The molecule has 19 heavy (non-hydrogen) atoms. The van der Waals surface area contributed by atoms with Crippen LogP contribution in [0.5, 0.6) is 0 Å². The van der Waals surface area contributed by atoms with E-state index in [0.29, 0.717) is 24.1 Å². The van der Waals surface area contributed by atoms with Crippen LogP contribution in [0.4, 0.5) is 5.69 Å². The molecule has 1 amide bonds. The van der Waals surface area contributed by atoms with Gasteiger partial charge in [0, 0.05) is 29.3 Å². The molecular weight excluding hydrogens is 306 g/mol. The number of rotatable bonds is 3. The SMILES string of the molecule is CC1CCCN(c2ccc(C(N)=O)c(Br)c2)C1CN. The summed E-state index contributed by atoms with van der Waals surface area (Å²) in [6.45, 7) is 3.90. The number of anilines is 1. The molecule has 0 radical (unpaired) electrons. The van der Waals surface area contributed by atoms with Crippen LogP contribution in [0.2, 0.25) is 0 Å². The lowest BCUT2D eigenvalue weighted by Crippen LogP contribution is -2.48. The van der Waals surface area contributed by atoms with Gasteiger partial charge in [0.25, 0.3) is 0 Å². The van der Waals surface area contributed by atoms with Crippen LogP contribution in [0.25, 0.3) is 0 Å². The number of carbonyl (C=O) groups is 1. The molecule has 0 aromatic heterocycles. The van der Waals surface area contributed by atoms with Gasteiger partial charge in [-0.05, 0) is 52.9 Å². The van der Waals surface area contributed by atoms with Crippen molar-refractivity contribution >= 4 is 27.5 Å². The first-order valence-corrected chi connectivity index (χ1v) is 7.40. The van der Waals surface area contributed by atoms with E-state index < -0.39 is 5.91 Å². The number of piperidine rings is 1. The highest BCUT2D eigenvalue weighted by Crippen LogP contribution is 2.31. The number of primary amides is 1. The van der Waals surface area contributed by atoms with Crippen molar-refractivity contribution in [3.63, 3.8) is 0 Å². The van der Waals surface area contributed by atoms with Gasteiger partial charge in [-0.25, -0.2) is 0 Å². The van der Waals surface area contributed by atoms with Gasteiger partial charge in [0.15, 0.2) is 0 Å². The second-order valence-electron chi connectivity index (χ2n) is 5.14. The van der Waals surface area contributed by atoms with E-state index in [1.807, 2.05) is 12.1 Å². The molecule has 2 rings (SSSR count). The Morgan fingerprint density at radius 3 is 2.84 bits per heavy atom. The molecule has 1 aliphatic heterocycles. The molecule has 1 saturated heterocycles. The Bertz CT molecular complexity index is 478. The number of amides is 1. The van der Waals surface area contributed by atoms with Crippen LogP contribution >= 0.6 is 15.9 Å². The predicted molar refractivity (Wildman–Crippen MR) is 81.2 cm³/mol. The molecule has 2 atom stereocenters. The maximum atomic E-state index is 11.2. The minimum absolute atomic E-state index is 0.361. The van der Waals surface area contributed by atoms with Gasteiger partial charge < -0.3 is 16.4 Å². The summed E-state index contributed by atoms with van der Waals surface area (Å²) in [5, 5.41) is 0. The molecule has 5 heteroatoms. The molecule has 0 aliphatic carbocycles. The highest BCUT2D eigenvalue weighted by atomic mass is 79.9. The van der Waals surface area contributed by atoms with Crippen LogP contribution in [0.3, 0.4) is 0 Å². The molecule has 1 heterocycles. The minimum atomic E-state index is -0.416. The zero-order chi connectivity index (χ0) is 14.0. The van der Waals surface area contributed by atoms with Gasteiger partial charge in [-0.2, -0.15) is 0 Å². The number of halogens is 1. The molecule has 104 valence electrons. The van der Waals surface area contributed by atoms with Crippen LogP contribution in [0.15, 0.2) is 22.7 Å². The van der Waals surface area contributed by atoms with Crippen LogP contribution < -0.4 is 16.4 Å². The summed E-state index contributed by atoms with van der Waals surface area (Å²) in [7, 11) is 0. The maximum absolute atomic E-state index is 11.2. The Labute approximate surface area is 122 Å². The number of benzene rings is 1. The lowest BCUT2D eigenvalue weighted by atomic mass is 9.90. The Morgan fingerprint density at radius 2 is 2.26 bits per heavy atom. The van der Waals surface area contributed by atoms with E-state index in [0.717, 1.165) is 16.7 Å². The number of carbonyl (C=O) groups excluding carboxylic acids is 1. The first kappa shape index (κ1) is 14.3. The maximum Gasteiger partial charge on any atom is 0.249 e. The van der Waals surface area contributed by atoms with Gasteiger partial charge in [-0.3, -0.25) is 4.79 Å². The van der Waals surface area contributed by atoms with Gasteiger partial charge in [-0.1, -0.05) is 6.92 Å². The fraction of sp³-hybridized carbons (Fsp3) is 0.500. The Morgan fingerprint density at radius 1 is 1.53 bits per heavy atom. The molecular formula is C14H20BrN3O. The van der Waals surface area contributed by atoms with Crippen molar-refractivity contribution in [1.82, 2.24) is 0 Å². The van der Waals surface area contributed by atoms with Crippen molar-refractivity contribution in [3.05, 3.63) is 28.2 Å². The summed E-state index contributed by atoms with van der Waals surface area (Å²) in [6.07, 6.45) is 2.39. The van der Waals surface area contributed by atoms with Crippen molar-refractivity contribution < 1.29 is 4.79 Å². The van der Waals surface area contributed by atoms with Crippen LogP contribution in [-0.2, 0) is 0 Å². The Hall–Kier alpha value is -1.07. The molecule has 1 aromatic rings. The van der Waals surface area contributed by atoms with Gasteiger partial charge in [0.05, 0.1) is 5.56 Å². The smallest absolute Gasteiger partial charge is 0.249 e. The van der Waals surface area contributed by atoms with Gasteiger partial charge in [0.2, 0.25) is 5.91 Å². The summed E-state index contributed by atoms with van der Waals surface area (Å²) in [4.78, 5) is 13.6. The van der Waals surface area contributed by atoms with Gasteiger partial charge in [-0.15, -0.1) is 0 Å². The average molecular weight is 326 g/mol. The third-order valence-electron chi connectivity index (χ3n) is 3.91. The lowest BCUT2D eigenvalue weighted by molar-refractivity contribution is 0.0999. The molecule has 1 aliphatic rings. The van der Waals surface area contributed by atoms with E-state index in [2.05, 4.69) is 27.8 Å². The van der Waals surface area contributed by atoms with Crippen molar-refractivity contribution in [2.24, 2.45) is 17.4 Å². The van der Waals surface area contributed by atoms with Crippen LogP contribution in [-0.4, -0.2) is 25.0 Å². The number of hydrogen-bond donors (Lipinski definition) is 2. The number of nitrogens with two attached hydrogens (primary N) is 2. The van der Waals surface area contributed by atoms with Crippen molar-refractivity contribution in [2.75, 3.05) is 18.0 Å². The van der Waals surface area contributed by atoms with E-state index >= 15 is 0 Å². The fourth-order valence-electron chi connectivity index (χ4n) is 2.81. The van der Waals surface area contributed by atoms with E-state index in [1.165, 1.54) is 12.8 Å². The molecule has 0 spiro atoms. The summed E-state index contributed by atoms with van der Waals surface area (Å²) >= 11 is 3.41. The van der Waals surface area contributed by atoms with Crippen LogP contribution in [0.1, 0.15) is 30.1 Å². The highest BCUT2D eigenvalue weighted by Gasteiger charge is 2.27. The zero-order valence-corrected chi connectivity index (χ0v) is 12.7. The normalized spacial score (nSPS) is 23.4. The molecule has 4 N–H and O–H groups in total. The van der Waals surface area contributed by atoms with E-state index in [-0.39, 0.29) is 0 Å². The second kappa shape index (κ2) is 5.92. The standard InChI is InChI=1S/C14H20BrN3O/c1-9-3-2-6-18(13(9)8-16)10-4-5-11(14(17)19)12(15)7-10/h4-5,7,9,13H,2-3,6,8,16H2,1H3,(H2,17,19). The van der Waals surface area contributed by atoms with Gasteiger partial charge >= 0.3 is 0 Å². The topological polar surface area (TPSA) is 72.3 Å². The molecule has 4 nitrogen and oxygen atoms in total. The summed E-state index contributed by atoms with van der Waals surface area (Å²) in [5.74, 6) is 0.175. The van der Waals surface area contributed by atoms with E-state index in [9.17, 15) is 4.79 Å². The molecule has 1 fully saturated rings. The average Bonchev–Trinajstić information content (AvgIpc) is 2.37. The number of hydrogen-bond acceptors (Lipinski definition) is 3. The third-order valence-corrected chi connectivity index (χ3v) is 4.56. The number of nitrogens with zero attached hydrogens (tertiary/aromatic N) is 1. The first-order valence-electron chi connectivity index (χ1n) is 6.60. The summed E-state index contributed by atoms with van der Waals surface area (Å²) < 4.78 is 0.742. The Balaban J connectivity index is 2.30. The molecule has 2 unspecified atom stereocenters. The minimum Gasteiger partial charge on any atom is -0.367 e. The van der Waals surface area contributed by atoms with Crippen molar-refractivity contribution in [3.8, 4) is 0 Å². The second-order valence-corrected chi connectivity index (χ2v) is 6.00. The zero-order valence-electron chi connectivity index (χ0n) is 11.1.